The van der Waals surface area contributed by atoms with Crippen LogP contribution in [0.2, 0.25) is 0 Å². The molecule has 0 atom stereocenters. The summed E-state index contributed by atoms with van der Waals surface area (Å²) < 4.78 is 21.8. The second-order valence-corrected chi connectivity index (χ2v) is 8.70. The van der Waals surface area contributed by atoms with Gasteiger partial charge in [-0.2, -0.15) is 0 Å². The smallest absolute Gasteiger partial charge is 0.232 e. The van der Waals surface area contributed by atoms with Crippen LogP contribution >= 0.6 is 10.7 Å². The molecule has 0 fully saturated rings. The lowest BCUT2D eigenvalue weighted by Crippen LogP contribution is -2.29. The van der Waals surface area contributed by atoms with Gasteiger partial charge in [-0.1, -0.05) is 27.7 Å². The van der Waals surface area contributed by atoms with Crippen molar-refractivity contribution in [3.63, 3.8) is 0 Å². The van der Waals surface area contributed by atoms with Crippen molar-refractivity contribution in [3.05, 3.63) is 0 Å². The third-order valence-corrected chi connectivity index (χ3v) is 4.15. The zero-order valence-electron chi connectivity index (χ0n) is 12.2. The fraction of sp³-hybridized carbons (Fsp3) is 1.00. The highest BCUT2D eigenvalue weighted by atomic mass is 35.7. The van der Waals surface area contributed by atoms with E-state index >= 15 is 0 Å². The number of halogens is 1. The van der Waals surface area contributed by atoms with Gasteiger partial charge < -0.3 is 4.90 Å². The standard InChI is InChI=1S/C13H28ClNO2S/c1-12(2)6-9-15(10-7-13(3)4)8-5-11-18(14,16)17/h12-13H,5-11H2,1-4H3. The summed E-state index contributed by atoms with van der Waals surface area (Å²) in [6.07, 6.45) is 2.94. The first kappa shape index (κ1) is 18.2. The molecule has 0 aromatic carbocycles. The largest absolute Gasteiger partial charge is 0.303 e. The normalized spacial score (nSPS) is 12.9. The molecule has 0 heterocycles. The molecule has 0 aliphatic rings. The summed E-state index contributed by atoms with van der Waals surface area (Å²) in [6, 6.07) is 0. The quantitative estimate of drug-likeness (QED) is 0.580. The Morgan fingerprint density at radius 3 is 1.72 bits per heavy atom. The number of rotatable bonds is 10. The lowest BCUT2D eigenvalue weighted by atomic mass is 10.1. The van der Waals surface area contributed by atoms with Crippen molar-refractivity contribution >= 4 is 19.7 Å². The van der Waals surface area contributed by atoms with Crippen LogP contribution in [0.4, 0.5) is 0 Å². The highest BCUT2D eigenvalue weighted by molar-refractivity contribution is 8.13. The van der Waals surface area contributed by atoms with Crippen LogP contribution in [0.25, 0.3) is 0 Å². The first-order valence-electron chi connectivity index (χ1n) is 6.85. The Labute approximate surface area is 117 Å². The van der Waals surface area contributed by atoms with Crippen LogP contribution in [0.1, 0.15) is 47.0 Å². The van der Waals surface area contributed by atoms with Crippen LogP contribution in [-0.4, -0.2) is 38.7 Å². The molecule has 0 spiro atoms. The zero-order valence-corrected chi connectivity index (χ0v) is 13.7. The molecule has 0 rings (SSSR count). The third kappa shape index (κ3) is 12.7. The van der Waals surface area contributed by atoms with E-state index in [0.29, 0.717) is 18.3 Å². The Hall–Kier alpha value is 0.200. The minimum Gasteiger partial charge on any atom is -0.303 e. The van der Waals surface area contributed by atoms with E-state index in [4.69, 9.17) is 10.7 Å². The molecule has 0 aromatic rings. The third-order valence-electron chi connectivity index (χ3n) is 2.91. The van der Waals surface area contributed by atoms with Gasteiger partial charge in [0.15, 0.2) is 0 Å². The fourth-order valence-electron chi connectivity index (χ4n) is 1.68. The second-order valence-electron chi connectivity index (χ2n) is 5.80. The van der Waals surface area contributed by atoms with Crippen LogP contribution in [0.5, 0.6) is 0 Å². The SMILES string of the molecule is CC(C)CCN(CCCS(=O)(=O)Cl)CCC(C)C. The predicted octanol–water partition coefficient (Wildman–Crippen LogP) is 3.34. The highest BCUT2D eigenvalue weighted by Crippen LogP contribution is 2.08. The fourth-order valence-corrected chi connectivity index (χ4v) is 2.48. The van der Waals surface area contributed by atoms with E-state index in [-0.39, 0.29) is 5.75 Å². The first-order chi connectivity index (χ1) is 8.20. The molecule has 0 unspecified atom stereocenters. The molecule has 3 nitrogen and oxygen atoms in total. The van der Waals surface area contributed by atoms with Crippen molar-refractivity contribution in [1.29, 1.82) is 0 Å². The van der Waals surface area contributed by atoms with E-state index in [1.54, 1.807) is 0 Å². The lowest BCUT2D eigenvalue weighted by Gasteiger charge is -2.23. The summed E-state index contributed by atoms with van der Waals surface area (Å²) in [5.41, 5.74) is 0. The van der Waals surface area contributed by atoms with Gasteiger partial charge in [0.05, 0.1) is 5.75 Å². The van der Waals surface area contributed by atoms with Crippen molar-refractivity contribution in [1.82, 2.24) is 4.90 Å². The molecule has 0 N–H and O–H groups in total. The summed E-state index contributed by atoms with van der Waals surface area (Å²) >= 11 is 0. The average Bonchev–Trinajstić information content (AvgIpc) is 2.19. The van der Waals surface area contributed by atoms with Gasteiger partial charge in [0.2, 0.25) is 9.05 Å². The summed E-state index contributed by atoms with van der Waals surface area (Å²) in [7, 11) is 1.89. The maximum absolute atomic E-state index is 10.9. The van der Waals surface area contributed by atoms with Crippen LogP contribution in [0.15, 0.2) is 0 Å². The Morgan fingerprint density at radius 2 is 1.39 bits per heavy atom. The van der Waals surface area contributed by atoms with E-state index < -0.39 is 9.05 Å². The van der Waals surface area contributed by atoms with Crippen molar-refractivity contribution in [3.8, 4) is 0 Å². The lowest BCUT2D eigenvalue weighted by molar-refractivity contribution is 0.244. The van der Waals surface area contributed by atoms with Gasteiger partial charge in [-0.3, -0.25) is 0 Å². The summed E-state index contributed by atoms with van der Waals surface area (Å²) in [4.78, 5) is 2.36. The van der Waals surface area contributed by atoms with Gasteiger partial charge in [0.1, 0.15) is 0 Å². The Balaban J connectivity index is 4.03. The summed E-state index contributed by atoms with van der Waals surface area (Å²) in [5.74, 6) is 1.45. The van der Waals surface area contributed by atoms with Crippen molar-refractivity contribution in [2.45, 2.75) is 47.0 Å². The second kappa shape index (κ2) is 9.16. The van der Waals surface area contributed by atoms with Crippen molar-refractivity contribution in [2.75, 3.05) is 25.4 Å². The first-order valence-corrected chi connectivity index (χ1v) is 9.33. The average molecular weight is 298 g/mol. The molecule has 0 aromatic heterocycles. The van der Waals surface area contributed by atoms with Gasteiger partial charge in [0.25, 0.3) is 0 Å². The minimum absolute atomic E-state index is 0.0778. The van der Waals surface area contributed by atoms with Gasteiger partial charge in [0, 0.05) is 10.7 Å². The van der Waals surface area contributed by atoms with Crippen LogP contribution in [0, 0.1) is 11.8 Å². The number of hydrogen-bond acceptors (Lipinski definition) is 3. The summed E-state index contributed by atoms with van der Waals surface area (Å²) in [5, 5.41) is 0. The van der Waals surface area contributed by atoms with Gasteiger partial charge >= 0.3 is 0 Å². The molecule has 0 bridgehead atoms. The zero-order chi connectivity index (χ0) is 14.2. The van der Waals surface area contributed by atoms with Gasteiger partial charge in [-0.25, -0.2) is 8.42 Å². The summed E-state index contributed by atoms with van der Waals surface area (Å²) in [6.45, 7) is 11.8. The van der Waals surface area contributed by atoms with Crippen molar-refractivity contribution in [2.24, 2.45) is 11.8 Å². The molecular weight excluding hydrogens is 270 g/mol. The highest BCUT2D eigenvalue weighted by Gasteiger charge is 2.10. The molecule has 0 amide bonds. The number of nitrogens with zero attached hydrogens (tertiary/aromatic N) is 1. The molecule has 0 aliphatic heterocycles. The van der Waals surface area contributed by atoms with E-state index in [2.05, 4.69) is 32.6 Å². The van der Waals surface area contributed by atoms with E-state index in [0.717, 1.165) is 32.5 Å². The van der Waals surface area contributed by atoms with E-state index in [1.165, 1.54) is 0 Å². The van der Waals surface area contributed by atoms with Crippen LogP contribution in [0.3, 0.4) is 0 Å². The monoisotopic (exact) mass is 297 g/mol. The molecule has 5 heteroatoms. The molecule has 110 valence electrons. The maximum atomic E-state index is 10.9. The molecular formula is C13H28ClNO2S. The molecule has 0 aliphatic carbocycles. The van der Waals surface area contributed by atoms with Crippen molar-refractivity contribution < 1.29 is 8.42 Å². The molecule has 18 heavy (non-hydrogen) atoms. The van der Waals surface area contributed by atoms with Crippen LogP contribution in [-0.2, 0) is 9.05 Å². The van der Waals surface area contributed by atoms with Gasteiger partial charge in [-0.05, 0) is 50.7 Å². The molecule has 0 saturated heterocycles. The Morgan fingerprint density at radius 1 is 0.944 bits per heavy atom. The van der Waals surface area contributed by atoms with Crippen LogP contribution < -0.4 is 0 Å². The van der Waals surface area contributed by atoms with Gasteiger partial charge in [-0.15, -0.1) is 0 Å². The van der Waals surface area contributed by atoms with E-state index in [9.17, 15) is 8.42 Å². The predicted molar refractivity (Wildman–Crippen MR) is 79.6 cm³/mol. The maximum Gasteiger partial charge on any atom is 0.232 e. The Bertz CT molecular complexity index is 290. The number of hydrogen-bond donors (Lipinski definition) is 0. The van der Waals surface area contributed by atoms with E-state index in [1.807, 2.05) is 0 Å². The topological polar surface area (TPSA) is 37.4 Å². The minimum atomic E-state index is -3.34. The molecule has 0 saturated carbocycles. The Kier molecular flexibility index (Phi) is 9.26. The molecule has 0 radical (unpaired) electrons.